The molecule has 1 atom stereocenters. The second-order valence-electron chi connectivity index (χ2n) is 6.18. The summed E-state index contributed by atoms with van der Waals surface area (Å²) in [6.45, 7) is 7.26. The molecule has 1 unspecified atom stereocenters. The summed E-state index contributed by atoms with van der Waals surface area (Å²) in [5, 5.41) is 8.82. The standard InChI is InChI=1S/C16H26N4O3/c1-13-12-20(6-8-22-13)14-2-4-19(5-3-14)15-10-17-11-16(18-15)23-9-7-21/h10-11,13-14,21H,2-9,12H2,1H3. The summed E-state index contributed by atoms with van der Waals surface area (Å²) in [5.41, 5.74) is 0. The fraction of sp³-hybridized carbons (Fsp3) is 0.750. The third kappa shape index (κ3) is 4.31. The average molecular weight is 322 g/mol. The summed E-state index contributed by atoms with van der Waals surface area (Å²) < 4.78 is 11.0. The molecule has 128 valence electrons. The van der Waals surface area contributed by atoms with Gasteiger partial charge in [0.25, 0.3) is 0 Å². The third-order valence-corrected chi connectivity index (χ3v) is 4.52. The Morgan fingerprint density at radius 3 is 2.87 bits per heavy atom. The molecular weight excluding hydrogens is 296 g/mol. The molecule has 0 bridgehead atoms. The normalized spacial score (nSPS) is 23.9. The Morgan fingerprint density at radius 1 is 1.30 bits per heavy atom. The SMILES string of the molecule is CC1CN(C2CCN(c3cncc(OCCO)n3)CC2)CCO1. The molecule has 0 spiro atoms. The second kappa shape index (κ2) is 7.90. The van der Waals surface area contributed by atoms with E-state index in [1.54, 1.807) is 12.4 Å². The topological polar surface area (TPSA) is 71.0 Å². The Hall–Kier alpha value is -1.44. The molecule has 0 amide bonds. The molecule has 23 heavy (non-hydrogen) atoms. The molecule has 0 radical (unpaired) electrons. The van der Waals surface area contributed by atoms with Crippen LogP contribution in [0.25, 0.3) is 0 Å². The Balaban J connectivity index is 1.54. The molecule has 7 nitrogen and oxygen atoms in total. The number of anilines is 1. The molecule has 1 aromatic heterocycles. The first kappa shape index (κ1) is 16.4. The van der Waals surface area contributed by atoms with Crippen LogP contribution in [0.3, 0.4) is 0 Å². The smallest absolute Gasteiger partial charge is 0.234 e. The van der Waals surface area contributed by atoms with E-state index in [9.17, 15) is 0 Å². The number of morpholine rings is 1. The lowest BCUT2D eigenvalue weighted by molar-refractivity contribution is -0.0373. The lowest BCUT2D eigenvalue weighted by Crippen LogP contribution is -2.51. The zero-order chi connectivity index (χ0) is 16.1. The van der Waals surface area contributed by atoms with Crippen molar-refractivity contribution in [1.29, 1.82) is 0 Å². The molecule has 2 fully saturated rings. The van der Waals surface area contributed by atoms with Crippen LogP contribution in [-0.2, 0) is 4.74 Å². The quantitative estimate of drug-likeness (QED) is 0.848. The summed E-state index contributed by atoms with van der Waals surface area (Å²) in [4.78, 5) is 13.5. The number of aliphatic hydroxyl groups excluding tert-OH is 1. The number of aliphatic hydroxyl groups is 1. The van der Waals surface area contributed by atoms with Gasteiger partial charge in [0, 0.05) is 32.2 Å². The van der Waals surface area contributed by atoms with Crippen LogP contribution in [-0.4, -0.2) is 78.1 Å². The van der Waals surface area contributed by atoms with Crippen LogP contribution in [0, 0.1) is 0 Å². The van der Waals surface area contributed by atoms with Crippen LogP contribution in [0.1, 0.15) is 19.8 Å². The first-order valence-corrected chi connectivity index (χ1v) is 8.42. The summed E-state index contributed by atoms with van der Waals surface area (Å²) in [7, 11) is 0. The van der Waals surface area contributed by atoms with Gasteiger partial charge in [-0.05, 0) is 19.8 Å². The van der Waals surface area contributed by atoms with Gasteiger partial charge in [0.1, 0.15) is 6.61 Å². The molecule has 1 aromatic rings. The van der Waals surface area contributed by atoms with Gasteiger partial charge in [0.2, 0.25) is 5.88 Å². The van der Waals surface area contributed by atoms with Gasteiger partial charge in [-0.15, -0.1) is 0 Å². The molecule has 3 heterocycles. The Labute approximate surface area is 137 Å². The highest BCUT2D eigenvalue weighted by molar-refractivity contribution is 5.38. The molecular formula is C16H26N4O3. The molecule has 2 aliphatic rings. The number of piperidine rings is 1. The van der Waals surface area contributed by atoms with E-state index < -0.39 is 0 Å². The summed E-state index contributed by atoms with van der Waals surface area (Å²) in [6, 6.07) is 0.638. The number of nitrogens with zero attached hydrogens (tertiary/aromatic N) is 4. The highest BCUT2D eigenvalue weighted by atomic mass is 16.5. The zero-order valence-electron chi connectivity index (χ0n) is 13.7. The van der Waals surface area contributed by atoms with E-state index in [0.29, 0.717) is 18.0 Å². The number of hydrogen-bond acceptors (Lipinski definition) is 7. The maximum absolute atomic E-state index is 8.82. The van der Waals surface area contributed by atoms with Gasteiger partial charge < -0.3 is 19.5 Å². The van der Waals surface area contributed by atoms with Crippen molar-refractivity contribution in [2.45, 2.75) is 31.9 Å². The summed E-state index contributed by atoms with van der Waals surface area (Å²) in [5.74, 6) is 1.33. The van der Waals surface area contributed by atoms with Crippen molar-refractivity contribution in [2.75, 3.05) is 50.9 Å². The van der Waals surface area contributed by atoms with Gasteiger partial charge in [-0.25, -0.2) is 0 Å². The average Bonchev–Trinajstić information content (AvgIpc) is 2.60. The zero-order valence-corrected chi connectivity index (χ0v) is 13.7. The van der Waals surface area contributed by atoms with Gasteiger partial charge >= 0.3 is 0 Å². The van der Waals surface area contributed by atoms with E-state index in [0.717, 1.165) is 51.4 Å². The van der Waals surface area contributed by atoms with Crippen molar-refractivity contribution in [3.8, 4) is 5.88 Å². The second-order valence-corrected chi connectivity index (χ2v) is 6.18. The Bertz CT molecular complexity index is 494. The van der Waals surface area contributed by atoms with E-state index in [1.807, 2.05) is 0 Å². The van der Waals surface area contributed by atoms with Crippen LogP contribution in [0.2, 0.25) is 0 Å². The maximum atomic E-state index is 8.82. The molecule has 0 aliphatic carbocycles. The lowest BCUT2D eigenvalue weighted by atomic mass is 10.0. The van der Waals surface area contributed by atoms with Crippen molar-refractivity contribution in [2.24, 2.45) is 0 Å². The molecule has 0 aromatic carbocycles. The summed E-state index contributed by atoms with van der Waals surface area (Å²) >= 11 is 0. The van der Waals surface area contributed by atoms with Crippen LogP contribution in [0.5, 0.6) is 5.88 Å². The largest absolute Gasteiger partial charge is 0.474 e. The molecule has 2 aliphatic heterocycles. The fourth-order valence-corrected chi connectivity index (χ4v) is 3.35. The van der Waals surface area contributed by atoms with Crippen LogP contribution < -0.4 is 9.64 Å². The van der Waals surface area contributed by atoms with Crippen LogP contribution in [0.4, 0.5) is 5.82 Å². The first-order valence-electron chi connectivity index (χ1n) is 8.42. The number of rotatable bonds is 5. The van der Waals surface area contributed by atoms with E-state index in [2.05, 4.69) is 26.7 Å². The minimum atomic E-state index is -0.0186. The first-order chi connectivity index (χ1) is 11.3. The minimum Gasteiger partial charge on any atom is -0.474 e. The molecule has 3 rings (SSSR count). The molecule has 1 N–H and O–H groups in total. The van der Waals surface area contributed by atoms with Crippen molar-refractivity contribution >= 4 is 5.82 Å². The van der Waals surface area contributed by atoms with E-state index >= 15 is 0 Å². The fourth-order valence-electron chi connectivity index (χ4n) is 3.35. The lowest BCUT2D eigenvalue weighted by Gasteiger charge is -2.41. The van der Waals surface area contributed by atoms with Gasteiger partial charge in [-0.1, -0.05) is 0 Å². The van der Waals surface area contributed by atoms with Gasteiger partial charge in [0.05, 0.1) is 31.7 Å². The van der Waals surface area contributed by atoms with Crippen molar-refractivity contribution in [3.05, 3.63) is 12.4 Å². The number of hydrogen-bond donors (Lipinski definition) is 1. The predicted molar refractivity (Wildman–Crippen MR) is 86.8 cm³/mol. The van der Waals surface area contributed by atoms with Crippen molar-refractivity contribution in [3.63, 3.8) is 0 Å². The molecule has 2 saturated heterocycles. The predicted octanol–water partition coefficient (Wildman–Crippen LogP) is 0.537. The highest BCUT2D eigenvalue weighted by Crippen LogP contribution is 2.23. The van der Waals surface area contributed by atoms with Crippen LogP contribution in [0.15, 0.2) is 12.4 Å². The van der Waals surface area contributed by atoms with Gasteiger partial charge in [-0.3, -0.25) is 9.88 Å². The van der Waals surface area contributed by atoms with Crippen molar-refractivity contribution < 1.29 is 14.6 Å². The maximum Gasteiger partial charge on any atom is 0.234 e. The Morgan fingerprint density at radius 2 is 2.13 bits per heavy atom. The summed E-state index contributed by atoms with van der Waals surface area (Å²) in [6.07, 6.45) is 5.98. The van der Waals surface area contributed by atoms with Crippen LogP contribution >= 0.6 is 0 Å². The highest BCUT2D eigenvalue weighted by Gasteiger charge is 2.28. The number of aromatic nitrogens is 2. The molecule has 7 heteroatoms. The van der Waals surface area contributed by atoms with E-state index in [4.69, 9.17) is 14.6 Å². The van der Waals surface area contributed by atoms with E-state index in [1.165, 1.54) is 0 Å². The van der Waals surface area contributed by atoms with E-state index in [-0.39, 0.29) is 13.2 Å². The Kier molecular flexibility index (Phi) is 5.64. The van der Waals surface area contributed by atoms with Gasteiger partial charge in [-0.2, -0.15) is 4.98 Å². The van der Waals surface area contributed by atoms with Crippen molar-refractivity contribution in [1.82, 2.24) is 14.9 Å². The monoisotopic (exact) mass is 322 g/mol. The van der Waals surface area contributed by atoms with Gasteiger partial charge in [0.15, 0.2) is 5.82 Å². The molecule has 0 saturated carbocycles. The third-order valence-electron chi connectivity index (χ3n) is 4.52. The minimum absolute atomic E-state index is 0.0186. The number of ether oxygens (including phenoxy) is 2.